The predicted molar refractivity (Wildman–Crippen MR) is 103 cm³/mol. The second-order valence-electron chi connectivity index (χ2n) is 5.32. The summed E-state index contributed by atoms with van der Waals surface area (Å²) in [5.74, 6) is 7.36. The van der Waals surface area contributed by atoms with Crippen molar-refractivity contribution in [3.05, 3.63) is 64.0 Å². The van der Waals surface area contributed by atoms with E-state index in [-0.39, 0.29) is 0 Å². The summed E-state index contributed by atoms with van der Waals surface area (Å²) in [6.07, 6.45) is 3.96. The zero-order valence-electron chi connectivity index (χ0n) is 12.8. The Hall–Kier alpha value is -2.03. The van der Waals surface area contributed by atoms with Gasteiger partial charge in [-0.2, -0.15) is 0 Å². The highest BCUT2D eigenvalue weighted by Gasteiger charge is 2.13. The maximum atomic E-state index is 6.14. The van der Waals surface area contributed by atoms with E-state index in [2.05, 4.69) is 31.1 Å². The Kier molecular flexibility index (Phi) is 4.41. The average Bonchev–Trinajstić information content (AvgIpc) is 3.15. The first kappa shape index (κ1) is 16.4. The summed E-state index contributed by atoms with van der Waals surface area (Å²) in [5.41, 5.74) is 2.66. The van der Waals surface area contributed by atoms with Crippen molar-refractivity contribution < 1.29 is 0 Å². The number of pyridine rings is 1. The molecule has 25 heavy (non-hydrogen) atoms. The van der Waals surface area contributed by atoms with Crippen molar-refractivity contribution >= 4 is 44.9 Å². The number of hydrogen-bond donors (Lipinski definition) is 1. The first-order chi connectivity index (χ1) is 12.1. The molecule has 0 aliphatic carbocycles. The Morgan fingerprint density at radius 2 is 2.04 bits per heavy atom. The van der Waals surface area contributed by atoms with E-state index in [1.165, 1.54) is 16.4 Å². The Bertz CT molecular complexity index is 1060. The SMILES string of the molecule is Nn1c(SCc2cn3cc(Br)ccc3n2)nnc1-c1cccc(Cl)c1. The minimum atomic E-state index is 0.573. The molecule has 0 spiro atoms. The molecule has 0 saturated carbocycles. The fraction of sp³-hybridized carbons (Fsp3) is 0.0625. The van der Waals surface area contributed by atoms with Crippen LogP contribution in [0.5, 0.6) is 0 Å². The predicted octanol–water partition coefficient (Wildman–Crippen LogP) is 4.01. The average molecular weight is 436 g/mol. The molecule has 126 valence electrons. The molecule has 0 fully saturated rings. The molecular weight excluding hydrogens is 424 g/mol. The summed E-state index contributed by atoms with van der Waals surface area (Å²) in [6, 6.07) is 11.3. The highest BCUT2D eigenvalue weighted by Crippen LogP contribution is 2.26. The number of fused-ring (bicyclic) bond motifs is 1. The van der Waals surface area contributed by atoms with Crippen molar-refractivity contribution in [3.8, 4) is 11.4 Å². The fourth-order valence-corrected chi connectivity index (χ4v) is 3.71. The number of rotatable bonds is 4. The lowest BCUT2D eigenvalue weighted by Crippen LogP contribution is -2.11. The van der Waals surface area contributed by atoms with Crippen molar-refractivity contribution in [1.82, 2.24) is 24.3 Å². The number of halogens is 2. The number of benzene rings is 1. The molecule has 0 aliphatic heterocycles. The number of aromatic nitrogens is 5. The molecule has 0 saturated heterocycles. The van der Waals surface area contributed by atoms with Crippen molar-refractivity contribution in [2.75, 3.05) is 5.84 Å². The van der Waals surface area contributed by atoms with Crippen molar-refractivity contribution in [2.45, 2.75) is 10.9 Å². The Balaban J connectivity index is 1.55. The van der Waals surface area contributed by atoms with E-state index in [4.69, 9.17) is 17.4 Å². The molecule has 3 aromatic heterocycles. The van der Waals surface area contributed by atoms with Crippen LogP contribution in [0.4, 0.5) is 0 Å². The Morgan fingerprint density at radius 1 is 1.16 bits per heavy atom. The van der Waals surface area contributed by atoms with E-state index in [1.54, 1.807) is 6.07 Å². The van der Waals surface area contributed by atoms with Gasteiger partial charge in [-0.3, -0.25) is 0 Å². The van der Waals surface area contributed by atoms with Crippen molar-refractivity contribution in [2.24, 2.45) is 0 Å². The zero-order chi connectivity index (χ0) is 17.4. The lowest BCUT2D eigenvalue weighted by molar-refractivity contribution is 0.849. The van der Waals surface area contributed by atoms with Crippen molar-refractivity contribution in [1.29, 1.82) is 0 Å². The van der Waals surface area contributed by atoms with Crippen LogP contribution in [0.25, 0.3) is 17.0 Å². The van der Waals surface area contributed by atoms with Gasteiger partial charge < -0.3 is 10.2 Å². The first-order valence-corrected chi connectivity index (χ1v) is 9.48. The molecule has 0 radical (unpaired) electrons. The molecule has 1 aromatic carbocycles. The quantitative estimate of drug-likeness (QED) is 0.387. The molecule has 4 aromatic rings. The highest BCUT2D eigenvalue weighted by molar-refractivity contribution is 9.10. The zero-order valence-corrected chi connectivity index (χ0v) is 16.0. The van der Waals surface area contributed by atoms with E-state index in [0.717, 1.165) is 21.4 Å². The van der Waals surface area contributed by atoms with Gasteiger partial charge in [0, 0.05) is 33.2 Å². The van der Waals surface area contributed by atoms with Crippen LogP contribution in [-0.4, -0.2) is 24.3 Å². The standard InChI is InChI=1S/C16H12BrClN6S/c17-11-4-5-14-20-13(8-23(14)7-11)9-25-16-22-21-15(24(16)19)10-2-1-3-12(18)6-10/h1-8H,9,19H2. The number of imidazole rings is 1. The maximum absolute atomic E-state index is 6.14. The topological polar surface area (TPSA) is 74.0 Å². The molecule has 9 heteroatoms. The van der Waals surface area contributed by atoms with Gasteiger partial charge in [0.25, 0.3) is 0 Å². The van der Waals surface area contributed by atoms with Crippen LogP contribution in [0.15, 0.2) is 58.4 Å². The van der Waals surface area contributed by atoms with Crippen LogP contribution < -0.4 is 5.84 Å². The summed E-state index contributed by atoms with van der Waals surface area (Å²) >= 11 is 11.0. The summed E-state index contributed by atoms with van der Waals surface area (Å²) in [6.45, 7) is 0. The summed E-state index contributed by atoms with van der Waals surface area (Å²) in [5, 5.41) is 9.59. The van der Waals surface area contributed by atoms with Crippen LogP contribution in [0, 0.1) is 0 Å². The van der Waals surface area contributed by atoms with Gasteiger partial charge in [-0.05, 0) is 40.2 Å². The lowest BCUT2D eigenvalue weighted by atomic mass is 10.2. The molecule has 0 bridgehead atoms. The van der Waals surface area contributed by atoms with Crippen LogP contribution in [0.3, 0.4) is 0 Å². The van der Waals surface area contributed by atoms with E-state index < -0.39 is 0 Å². The number of thioether (sulfide) groups is 1. The molecule has 3 heterocycles. The largest absolute Gasteiger partial charge is 0.335 e. The molecule has 6 nitrogen and oxygen atoms in total. The van der Waals surface area contributed by atoms with Crippen molar-refractivity contribution in [3.63, 3.8) is 0 Å². The molecule has 4 rings (SSSR count). The molecule has 0 amide bonds. The smallest absolute Gasteiger partial charge is 0.210 e. The van der Waals surface area contributed by atoms with Gasteiger partial charge in [-0.25, -0.2) is 9.66 Å². The third-order valence-corrected chi connectivity index (χ3v) is 5.24. The van der Waals surface area contributed by atoms with Gasteiger partial charge in [0.05, 0.1) is 5.69 Å². The fourth-order valence-electron chi connectivity index (χ4n) is 2.43. The van der Waals surface area contributed by atoms with Crippen LogP contribution in [-0.2, 0) is 5.75 Å². The number of nitrogens with zero attached hydrogens (tertiary/aromatic N) is 5. The van der Waals surface area contributed by atoms with Gasteiger partial charge in [-0.15, -0.1) is 10.2 Å². The Morgan fingerprint density at radius 3 is 2.88 bits per heavy atom. The number of nitrogens with two attached hydrogens (primary N) is 1. The van der Waals surface area contributed by atoms with Gasteiger partial charge >= 0.3 is 0 Å². The van der Waals surface area contributed by atoms with E-state index in [0.29, 0.717) is 21.8 Å². The van der Waals surface area contributed by atoms with Crippen LogP contribution in [0.2, 0.25) is 5.02 Å². The third-order valence-electron chi connectivity index (χ3n) is 3.56. The lowest BCUT2D eigenvalue weighted by Gasteiger charge is -2.03. The maximum Gasteiger partial charge on any atom is 0.210 e. The summed E-state index contributed by atoms with van der Waals surface area (Å²) in [4.78, 5) is 4.58. The van der Waals surface area contributed by atoms with Gasteiger partial charge in [0.15, 0.2) is 5.82 Å². The van der Waals surface area contributed by atoms with Crippen LogP contribution >= 0.6 is 39.3 Å². The van der Waals surface area contributed by atoms with E-state index in [9.17, 15) is 0 Å². The Labute approximate surface area is 161 Å². The molecule has 0 aliphatic rings. The van der Waals surface area contributed by atoms with Gasteiger partial charge in [0.2, 0.25) is 5.16 Å². The van der Waals surface area contributed by atoms with Crippen LogP contribution in [0.1, 0.15) is 5.69 Å². The normalized spacial score (nSPS) is 11.3. The minimum Gasteiger partial charge on any atom is -0.335 e. The van der Waals surface area contributed by atoms with Gasteiger partial charge in [0.1, 0.15) is 5.65 Å². The van der Waals surface area contributed by atoms with E-state index in [1.807, 2.05) is 47.1 Å². The first-order valence-electron chi connectivity index (χ1n) is 7.32. The molecule has 2 N–H and O–H groups in total. The molecular formula is C16H12BrClN6S. The number of hydrogen-bond acceptors (Lipinski definition) is 5. The minimum absolute atomic E-state index is 0.573. The monoisotopic (exact) mass is 434 g/mol. The third kappa shape index (κ3) is 3.37. The molecule has 0 atom stereocenters. The highest BCUT2D eigenvalue weighted by atomic mass is 79.9. The van der Waals surface area contributed by atoms with E-state index >= 15 is 0 Å². The van der Waals surface area contributed by atoms with Gasteiger partial charge in [-0.1, -0.05) is 35.5 Å². The summed E-state index contributed by atoms with van der Waals surface area (Å²) in [7, 11) is 0. The number of nitrogen functional groups attached to an aromatic ring is 1. The molecule has 0 unspecified atom stereocenters. The second-order valence-corrected chi connectivity index (χ2v) is 7.61. The summed E-state index contributed by atoms with van der Waals surface area (Å²) < 4.78 is 4.46. The second kappa shape index (κ2) is 6.70.